The molecule has 1 saturated heterocycles. The molecule has 2 rings (SSSR count). The van der Waals surface area contributed by atoms with Crippen molar-refractivity contribution in [2.24, 2.45) is 5.11 Å². The van der Waals surface area contributed by atoms with Crippen molar-refractivity contribution < 1.29 is 0 Å². The van der Waals surface area contributed by atoms with Gasteiger partial charge >= 0.3 is 0 Å². The zero-order chi connectivity index (χ0) is 11.4. The van der Waals surface area contributed by atoms with Crippen molar-refractivity contribution in [2.75, 3.05) is 18.0 Å². The van der Waals surface area contributed by atoms with E-state index in [0.717, 1.165) is 24.3 Å². The summed E-state index contributed by atoms with van der Waals surface area (Å²) in [5.41, 5.74) is 10.4. The average molecular weight is 237 g/mol. The monoisotopic (exact) mass is 236 g/mol. The van der Waals surface area contributed by atoms with Crippen molar-refractivity contribution in [3.63, 3.8) is 0 Å². The average Bonchev–Trinajstić information content (AvgIpc) is 2.80. The summed E-state index contributed by atoms with van der Waals surface area (Å²) in [6, 6.07) is 5.82. The van der Waals surface area contributed by atoms with Gasteiger partial charge in [0.1, 0.15) is 0 Å². The quantitative estimate of drug-likeness (QED) is 0.448. The molecule has 0 spiro atoms. The van der Waals surface area contributed by atoms with Crippen LogP contribution in [-0.4, -0.2) is 13.1 Å². The van der Waals surface area contributed by atoms with E-state index >= 15 is 0 Å². The minimum absolute atomic E-state index is 0.321. The van der Waals surface area contributed by atoms with Crippen molar-refractivity contribution in [3.05, 3.63) is 39.2 Å². The minimum Gasteiger partial charge on any atom is -0.371 e. The fourth-order valence-electron chi connectivity index (χ4n) is 2.06. The summed E-state index contributed by atoms with van der Waals surface area (Å²) in [4.78, 5) is 5.09. The largest absolute Gasteiger partial charge is 0.371 e. The summed E-state index contributed by atoms with van der Waals surface area (Å²) in [5.74, 6) is 0. The molecular weight excluding hydrogens is 224 g/mol. The molecule has 1 fully saturated rings. The highest BCUT2D eigenvalue weighted by Crippen LogP contribution is 2.30. The van der Waals surface area contributed by atoms with Crippen molar-refractivity contribution >= 4 is 17.3 Å². The molecular formula is C11H13ClN4. The van der Waals surface area contributed by atoms with Gasteiger partial charge in [-0.1, -0.05) is 22.8 Å². The molecule has 84 valence electrons. The summed E-state index contributed by atoms with van der Waals surface area (Å²) in [7, 11) is 0. The lowest BCUT2D eigenvalue weighted by atomic mass is 10.1. The topological polar surface area (TPSA) is 52.0 Å². The Morgan fingerprint density at radius 2 is 2.12 bits per heavy atom. The Morgan fingerprint density at radius 3 is 2.81 bits per heavy atom. The first-order chi connectivity index (χ1) is 7.83. The number of hydrogen-bond acceptors (Lipinski definition) is 2. The summed E-state index contributed by atoms with van der Waals surface area (Å²) in [6.07, 6.45) is 2.43. The number of rotatable bonds is 3. The van der Waals surface area contributed by atoms with E-state index in [-0.39, 0.29) is 0 Å². The second kappa shape index (κ2) is 5.10. The standard InChI is InChI=1S/C11H13ClN4/c12-10-4-3-5-11(9(10)8-14-15-13)16-6-1-2-7-16/h3-5H,1-2,6-8H2. The predicted molar refractivity (Wildman–Crippen MR) is 65.7 cm³/mol. The van der Waals surface area contributed by atoms with Crippen LogP contribution in [0.3, 0.4) is 0 Å². The fraction of sp³-hybridized carbons (Fsp3) is 0.455. The summed E-state index contributed by atoms with van der Waals surface area (Å²) in [6.45, 7) is 2.44. The van der Waals surface area contributed by atoms with Gasteiger partial charge in [-0.15, -0.1) is 0 Å². The van der Waals surface area contributed by atoms with Crippen LogP contribution in [-0.2, 0) is 6.54 Å². The van der Waals surface area contributed by atoms with E-state index in [1.807, 2.05) is 18.2 Å². The lowest BCUT2D eigenvalue weighted by Gasteiger charge is -2.21. The maximum atomic E-state index is 8.38. The van der Waals surface area contributed by atoms with Crippen molar-refractivity contribution in [2.45, 2.75) is 19.4 Å². The Balaban J connectivity index is 2.34. The molecule has 0 unspecified atom stereocenters. The first-order valence-corrected chi connectivity index (χ1v) is 5.74. The Kier molecular flexibility index (Phi) is 3.54. The van der Waals surface area contributed by atoms with Gasteiger partial charge in [-0.2, -0.15) is 0 Å². The number of hydrogen-bond donors (Lipinski definition) is 0. The molecule has 0 N–H and O–H groups in total. The van der Waals surface area contributed by atoms with Crippen LogP contribution in [0.4, 0.5) is 5.69 Å². The Labute approximate surface area is 99.4 Å². The maximum absolute atomic E-state index is 8.38. The van der Waals surface area contributed by atoms with Gasteiger partial charge in [0, 0.05) is 28.7 Å². The van der Waals surface area contributed by atoms with Crippen molar-refractivity contribution in [3.8, 4) is 0 Å². The third-order valence-electron chi connectivity index (χ3n) is 2.83. The number of nitrogens with zero attached hydrogens (tertiary/aromatic N) is 4. The highest BCUT2D eigenvalue weighted by atomic mass is 35.5. The van der Waals surface area contributed by atoms with Gasteiger partial charge in [-0.3, -0.25) is 0 Å². The van der Waals surface area contributed by atoms with Crippen LogP contribution in [0, 0.1) is 0 Å². The molecule has 0 amide bonds. The molecule has 1 heterocycles. The van der Waals surface area contributed by atoms with E-state index in [1.165, 1.54) is 12.8 Å². The van der Waals surface area contributed by atoms with Gasteiger partial charge in [0.25, 0.3) is 0 Å². The Morgan fingerprint density at radius 1 is 1.38 bits per heavy atom. The SMILES string of the molecule is [N-]=[N+]=NCc1c(Cl)cccc1N1CCCC1. The van der Waals surface area contributed by atoms with Crippen LogP contribution in [0.1, 0.15) is 18.4 Å². The van der Waals surface area contributed by atoms with E-state index in [1.54, 1.807) is 0 Å². The lowest BCUT2D eigenvalue weighted by Crippen LogP contribution is -2.19. The fourth-order valence-corrected chi connectivity index (χ4v) is 2.29. The number of anilines is 1. The molecule has 1 aliphatic heterocycles. The van der Waals surface area contributed by atoms with Gasteiger partial charge < -0.3 is 4.90 Å². The maximum Gasteiger partial charge on any atom is 0.0546 e. The second-order valence-corrected chi connectivity index (χ2v) is 4.23. The Bertz CT molecular complexity index is 420. The van der Waals surface area contributed by atoms with Crippen LogP contribution >= 0.6 is 11.6 Å². The zero-order valence-electron chi connectivity index (χ0n) is 8.93. The first kappa shape index (κ1) is 11.1. The molecule has 4 nitrogen and oxygen atoms in total. The molecule has 1 aromatic rings. The molecule has 1 aliphatic rings. The van der Waals surface area contributed by atoms with E-state index < -0.39 is 0 Å². The number of azide groups is 1. The molecule has 16 heavy (non-hydrogen) atoms. The third kappa shape index (κ3) is 2.23. The van der Waals surface area contributed by atoms with Crippen LogP contribution in [0.5, 0.6) is 0 Å². The molecule has 0 bridgehead atoms. The summed E-state index contributed by atoms with van der Waals surface area (Å²) < 4.78 is 0. The molecule has 0 aliphatic carbocycles. The van der Waals surface area contributed by atoms with Crippen molar-refractivity contribution in [1.29, 1.82) is 0 Å². The number of halogens is 1. The van der Waals surface area contributed by atoms with Gasteiger partial charge in [-0.05, 0) is 36.1 Å². The van der Waals surface area contributed by atoms with E-state index in [0.29, 0.717) is 11.6 Å². The van der Waals surface area contributed by atoms with E-state index in [2.05, 4.69) is 14.9 Å². The predicted octanol–water partition coefficient (Wildman–Crippen LogP) is 3.75. The number of benzene rings is 1. The summed E-state index contributed by atoms with van der Waals surface area (Å²) >= 11 is 6.13. The lowest BCUT2D eigenvalue weighted by molar-refractivity contribution is 0.937. The van der Waals surface area contributed by atoms with Crippen molar-refractivity contribution in [1.82, 2.24) is 0 Å². The molecule has 1 aromatic carbocycles. The molecule has 0 atom stereocenters. The van der Waals surface area contributed by atoms with Gasteiger partial charge in [0.15, 0.2) is 0 Å². The first-order valence-electron chi connectivity index (χ1n) is 5.36. The van der Waals surface area contributed by atoms with E-state index in [9.17, 15) is 0 Å². The highest BCUT2D eigenvalue weighted by Gasteiger charge is 2.16. The molecule has 0 aromatic heterocycles. The second-order valence-electron chi connectivity index (χ2n) is 3.82. The van der Waals surface area contributed by atoms with E-state index in [4.69, 9.17) is 17.1 Å². The van der Waals surface area contributed by atoms with Crippen LogP contribution in [0.2, 0.25) is 5.02 Å². The smallest absolute Gasteiger partial charge is 0.0546 e. The Hall–Kier alpha value is -1.38. The van der Waals surface area contributed by atoms with Gasteiger partial charge in [0.05, 0.1) is 6.54 Å². The van der Waals surface area contributed by atoms with Gasteiger partial charge in [0.2, 0.25) is 0 Å². The third-order valence-corrected chi connectivity index (χ3v) is 3.19. The van der Waals surface area contributed by atoms with Crippen LogP contribution < -0.4 is 4.90 Å². The van der Waals surface area contributed by atoms with Gasteiger partial charge in [-0.25, -0.2) is 0 Å². The highest BCUT2D eigenvalue weighted by molar-refractivity contribution is 6.31. The summed E-state index contributed by atoms with van der Waals surface area (Å²) in [5, 5.41) is 4.28. The molecule has 5 heteroatoms. The molecule has 0 saturated carbocycles. The molecule has 0 radical (unpaired) electrons. The normalized spacial score (nSPS) is 14.9. The van der Waals surface area contributed by atoms with Crippen LogP contribution in [0.15, 0.2) is 23.3 Å². The zero-order valence-corrected chi connectivity index (χ0v) is 9.69. The minimum atomic E-state index is 0.321. The van der Waals surface area contributed by atoms with Crippen LogP contribution in [0.25, 0.3) is 10.4 Å².